The second kappa shape index (κ2) is 15.4. The summed E-state index contributed by atoms with van der Waals surface area (Å²) in [5.41, 5.74) is 5.26. The predicted octanol–water partition coefficient (Wildman–Crippen LogP) is 6.92. The topological polar surface area (TPSA) is 36.9 Å². The maximum absolute atomic E-state index is 5.42. The first-order valence-electron chi connectivity index (χ1n) is 14.6. The normalized spacial score (nSPS) is 11.2. The van der Waals surface area contributed by atoms with Gasteiger partial charge < -0.3 is 23.4 Å². The molecule has 0 N–H and O–H groups in total. The maximum atomic E-state index is 5.42. The summed E-state index contributed by atoms with van der Waals surface area (Å²) in [6.07, 6.45) is 2.96. The molecule has 0 fully saturated rings. The Hall–Kier alpha value is -3.90. The van der Waals surface area contributed by atoms with E-state index in [2.05, 4.69) is 125 Å². The number of methoxy groups -OCH3 is 4. The van der Waals surface area contributed by atoms with Crippen molar-refractivity contribution in [2.45, 2.75) is 25.3 Å². The van der Waals surface area contributed by atoms with Gasteiger partial charge in [0.05, 0.1) is 56.6 Å². The van der Waals surface area contributed by atoms with Crippen LogP contribution in [0.2, 0.25) is 0 Å². The molecule has 0 radical (unpaired) electrons. The molecule has 0 amide bonds. The fourth-order valence-corrected chi connectivity index (χ4v) is 5.48. The van der Waals surface area contributed by atoms with Crippen LogP contribution in [0.3, 0.4) is 0 Å². The number of nitrogens with zero attached hydrogens (tertiary/aromatic N) is 1. The summed E-state index contributed by atoms with van der Waals surface area (Å²) in [5, 5.41) is 0. The van der Waals surface area contributed by atoms with Crippen molar-refractivity contribution >= 4 is 6.15 Å². The van der Waals surface area contributed by atoms with E-state index in [0.29, 0.717) is 0 Å². The van der Waals surface area contributed by atoms with E-state index in [0.717, 1.165) is 52.8 Å². The molecule has 0 saturated heterocycles. The maximum Gasteiger partial charge on any atom is 0.118 e. The lowest BCUT2D eigenvalue weighted by molar-refractivity contribution is -0.849. The lowest BCUT2D eigenvalue weighted by Gasteiger charge is -2.41. The van der Waals surface area contributed by atoms with Gasteiger partial charge in [-0.1, -0.05) is 70.8 Å². The summed E-state index contributed by atoms with van der Waals surface area (Å²) in [7, 11) is 15.3. The Morgan fingerprint density at radius 2 is 0.548 bits per heavy atom. The van der Waals surface area contributed by atoms with Crippen LogP contribution in [0, 0.1) is 0 Å². The molecule has 0 aliphatic heterocycles. The van der Waals surface area contributed by atoms with Crippen molar-refractivity contribution < 1.29 is 23.4 Å². The Kier molecular flexibility index (Phi) is 11.9. The van der Waals surface area contributed by atoms with Gasteiger partial charge >= 0.3 is 0 Å². The van der Waals surface area contributed by atoms with E-state index < -0.39 is 6.15 Å². The van der Waals surface area contributed by atoms with E-state index in [9.17, 15) is 0 Å². The first-order chi connectivity index (χ1) is 20.0. The molecule has 0 unspecified atom stereocenters. The fraction of sp³-hybridized carbons (Fsp3) is 0.333. The average Bonchev–Trinajstić information content (AvgIpc) is 2.98. The van der Waals surface area contributed by atoms with Crippen LogP contribution in [-0.2, 0) is 25.3 Å². The molecule has 0 atom stereocenters. The minimum Gasteiger partial charge on any atom is -0.497 e. The largest absolute Gasteiger partial charge is 0.497 e. The minimum atomic E-state index is -0.957. The van der Waals surface area contributed by atoms with Crippen LogP contribution in [0.25, 0.3) is 0 Å². The minimum absolute atomic E-state index is 0.877. The molecule has 224 valence electrons. The summed E-state index contributed by atoms with van der Waals surface area (Å²) in [6.45, 7) is 0. The number of quaternary nitrogens is 1. The van der Waals surface area contributed by atoms with E-state index in [-0.39, 0.29) is 0 Å². The van der Waals surface area contributed by atoms with Crippen molar-refractivity contribution in [2.75, 3.05) is 56.6 Å². The number of rotatable bonds is 12. The lowest BCUT2D eigenvalue weighted by atomic mass is 9.16. The summed E-state index contributed by atoms with van der Waals surface area (Å²) in [5.74, 6) is 3.51. The predicted molar refractivity (Wildman–Crippen MR) is 177 cm³/mol. The molecule has 0 aliphatic rings. The fourth-order valence-electron chi connectivity index (χ4n) is 5.48. The van der Waals surface area contributed by atoms with Gasteiger partial charge in [-0.2, -0.15) is 25.3 Å². The zero-order valence-electron chi connectivity index (χ0n) is 26.7. The Morgan fingerprint density at radius 3 is 0.690 bits per heavy atom. The van der Waals surface area contributed by atoms with Crippen molar-refractivity contribution in [1.82, 2.24) is 0 Å². The van der Waals surface area contributed by atoms with Gasteiger partial charge in [0.1, 0.15) is 23.0 Å². The molecule has 6 heteroatoms. The number of hydrogen-bond donors (Lipinski definition) is 0. The third-order valence-electron chi connectivity index (χ3n) is 7.31. The third kappa shape index (κ3) is 10.8. The first-order valence-corrected chi connectivity index (χ1v) is 14.6. The summed E-state index contributed by atoms with van der Waals surface area (Å²) in [4.78, 5) is 0. The van der Waals surface area contributed by atoms with Crippen molar-refractivity contribution in [2.24, 2.45) is 0 Å². The highest BCUT2D eigenvalue weighted by molar-refractivity contribution is 6.77. The molecule has 0 bridgehead atoms. The smallest absolute Gasteiger partial charge is 0.118 e. The lowest BCUT2D eigenvalue weighted by Crippen LogP contribution is -2.46. The van der Waals surface area contributed by atoms with Gasteiger partial charge in [0.2, 0.25) is 0 Å². The number of benzene rings is 4. The van der Waals surface area contributed by atoms with E-state index in [1.807, 2.05) is 0 Å². The summed E-state index contributed by atoms with van der Waals surface area (Å²) < 4.78 is 22.7. The van der Waals surface area contributed by atoms with E-state index in [1.54, 1.807) is 28.4 Å². The van der Waals surface area contributed by atoms with E-state index >= 15 is 0 Å². The molecule has 4 aromatic carbocycles. The summed E-state index contributed by atoms with van der Waals surface area (Å²) >= 11 is 0. The summed E-state index contributed by atoms with van der Waals surface area (Å²) in [6, 6.07) is 34.1. The van der Waals surface area contributed by atoms with Crippen molar-refractivity contribution in [1.29, 1.82) is 0 Å². The van der Waals surface area contributed by atoms with Crippen molar-refractivity contribution in [3.8, 4) is 23.0 Å². The van der Waals surface area contributed by atoms with Gasteiger partial charge in [0.15, 0.2) is 0 Å². The van der Waals surface area contributed by atoms with Crippen LogP contribution in [0.4, 0.5) is 0 Å². The van der Waals surface area contributed by atoms with E-state index in [1.165, 1.54) is 22.3 Å². The quantitative estimate of drug-likeness (QED) is 0.137. The highest BCUT2D eigenvalue weighted by Gasteiger charge is 2.27. The number of ether oxygens (including phenoxy) is 4. The Balaban J connectivity index is 0.000000892. The van der Waals surface area contributed by atoms with Crippen LogP contribution in [0.15, 0.2) is 97.1 Å². The van der Waals surface area contributed by atoms with Gasteiger partial charge in [-0.15, -0.1) is 0 Å². The molecular weight excluding hydrogens is 521 g/mol. The molecule has 4 rings (SSSR count). The molecule has 0 heterocycles. The SMILES string of the molecule is COc1ccc(C[B-](Cc2ccc(OC)cc2)(Cc2ccc(OC)cc2)Cc2ccc(OC)cc2)cc1.C[N+](C)(C)C. The molecule has 4 aromatic rings. The highest BCUT2D eigenvalue weighted by Crippen LogP contribution is 2.29. The van der Waals surface area contributed by atoms with Crippen LogP contribution in [-0.4, -0.2) is 67.3 Å². The van der Waals surface area contributed by atoms with Gasteiger partial charge in [0.25, 0.3) is 0 Å². The van der Waals surface area contributed by atoms with E-state index in [4.69, 9.17) is 18.9 Å². The monoisotopic (exact) mass is 569 g/mol. The van der Waals surface area contributed by atoms with Gasteiger partial charge in [-0.05, 0) is 48.5 Å². The van der Waals surface area contributed by atoms with Crippen LogP contribution >= 0.6 is 0 Å². The van der Waals surface area contributed by atoms with Crippen LogP contribution in [0.5, 0.6) is 23.0 Å². The zero-order valence-corrected chi connectivity index (χ0v) is 26.7. The Bertz CT molecular complexity index is 1120. The molecule has 0 aromatic heterocycles. The molecule has 0 aliphatic carbocycles. The van der Waals surface area contributed by atoms with Crippen LogP contribution < -0.4 is 18.9 Å². The molecule has 42 heavy (non-hydrogen) atoms. The standard InChI is InChI=1S/C32H36BO4.C4H12N/c1-34-29-13-5-25(6-14-29)21-33(22-26-7-15-30(35-2)16-8-26,23-27-9-17-31(36-3)18-10-27)24-28-11-19-32(37-4)20-12-28;1-5(2,3)4/h5-20H,21-24H2,1-4H3;1-4H3/q-1;+1. The van der Waals surface area contributed by atoms with Gasteiger partial charge in [-0.25, -0.2) is 0 Å². The molecule has 0 spiro atoms. The Labute approximate surface area is 253 Å². The van der Waals surface area contributed by atoms with Crippen molar-refractivity contribution in [3.05, 3.63) is 119 Å². The molecule has 0 saturated carbocycles. The van der Waals surface area contributed by atoms with Gasteiger partial charge in [0, 0.05) is 6.15 Å². The molecule has 5 nitrogen and oxygen atoms in total. The Morgan fingerprint density at radius 1 is 0.381 bits per heavy atom. The second-order valence-electron chi connectivity index (χ2n) is 12.6. The van der Waals surface area contributed by atoms with Gasteiger partial charge in [-0.3, -0.25) is 0 Å². The molecular formula is C36H48BNO4. The zero-order chi connectivity index (χ0) is 30.6. The third-order valence-corrected chi connectivity index (χ3v) is 7.31. The second-order valence-corrected chi connectivity index (χ2v) is 12.6. The number of hydrogen-bond acceptors (Lipinski definition) is 4. The first kappa shape index (κ1) is 32.6. The van der Waals surface area contributed by atoms with Crippen LogP contribution in [0.1, 0.15) is 22.3 Å². The average molecular weight is 570 g/mol. The highest BCUT2D eigenvalue weighted by atomic mass is 16.5. The van der Waals surface area contributed by atoms with Crippen molar-refractivity contribution in [3.63, 3.8) is 0 Å².